The van der Waals surface area contributed by atoms with Gasteiger partial charge >= 0.3 is 12.1 Å². The Hall–Kier alpha value is -2.56. The van der Waals surface area contributed by atoms with Gasteiger partial charge in [0.25, 0.3) is 0 Å². The van der Waals surface area contributed by atoms with Gasteiger partial charge in [-0.05, 0) is 43.2 Å². The van der Waals surface area contributed by atoms with Gasteiger partial charge in [0.2, 0.25) is 0 Å². The maximum atomic E-state index is 11.8. The monoisotopic (exact) mass is 301 g/mol. The van der Waals surface area contributed by atoms with E-state index < -0.39 is 23.7 Å². The van der Waals surface area contributed by atoms with Crippen molar-refractivity contribution in [2.45, 2.75) is 32.4 Å². The topological polar surface area (TPSA) is 75.6 Å². The van der Waals surface area contributed by atoms with Crippen LogP contribution in [-0.2, 0) is 9.53 Å². The van der Waals surface area contributed by atoms with Crippen LogP contribution in [0.1, 0.15) is 32.4 Å². The summed E-state index contributed by atoms with van der Waals surface area (Å²) < 4.78 is 5.11. The minimum Gasteiger partial charge on any atom is -0.479 e. The molecule has 0 fully saturated rings. The van der Waals surface area contributed by atoms with E-state index in [-0.39, 0.29) is 0 Å². The summed E-state index contributed by atoms with van der Waals surface area (Å²) >= 11 is 0. The molecule has 0 saturated heterocycles. The Bertz CT molecular complexity index is 703. The average molecular weight is 301 g/mol. The van der Waals surface area contributed by atoms with E-state index >= 15 is 0 Å². The molecule has 0 bridgehead atoms. The molecular weight excluding hydrogens is 282 g/mol. The van der Waals surface area contributed by atoms with Crippen molar-refractivity contribution in [1.29, 1.82) is 0 Å². The zero-order valence-corrected chi connectivity index (χ0v) is 12.8. The molecule has 1 atom stereocenters. The summed E-state index contributed by atoms with van der Waals surface area (Å²) in [6.45, 7) is 5.16. The lowest BCUT2D eigenvalue weighted by Crippen LogP contribution is -2.38. The van der Waals surface area contributed by atoms with E-state index in [1.54, 1.807) is 32.9 Å². The Morgan fingerprint density at radius 3 is 2.32 bits per heavy atom. The van der Waals surface area contributed by atoms with Crippen LogP contribution in [-0.4, -0.2) is 22.8 Å². The molecule has 22 heavy (non-hydrogen) atoms. The first-order chi connectivity index (χ1) is 10.3. The smallest absolute Gasteiger partial charge is 0.408 e. The van der Waals surface area contributed by atoms with Crippen molar-refractivity contribution in [1.82, 2.24) is 5.32 Å². The first-order valence-electron chi connectivity index (χ1n) is 6.97. The fraction of sp³-hybridized carbons (Fsp3) is 0.294. The summed E-state index contributed by atoms with van der Waals surface area (Å²) in [5.41, 5.74) is -0.187. The van der Waals surface area contributed by atoms with Crippen molar-refractivity contribution >= 4 is 22.8 Å². The molecule has 0 spiro atoms. The summed E-state index contributed by atoms with van der Waals surface area (Å²) in [5.74, 6) is -1.14. The molecule has 116 valence electrons. The third-order valence-electron chi connectivity index (χ3n) is 3.01. The summed E-state index contributed by atoms with van der Waals surface area (Å²) in [6, 6.07) is 11.8. The summed E-state index contributed by atoms with van der Waals surface area (Å²) in [4.78, 5) is 23.3. The highest BCUT2D eigenvalue weighted by Crippen LogP contribution is 2.21. The Labute approximate surface area is 128 Å². The number of carboxylic acid groups (broad SMARTS) is 1. The van der Waals surface area contributed by atoms with Crippen LogP contribution in [0, 0.1) is 0 Å². The molecule has 0 radical (unpaired) electrons. The van der Waals surface area contributed by atoms with Gasteiger partial charge in [0.05, 0.1) is 0 Å². The number of ether oxygens (including phenoxy) is 1. The van der Waals surface area contributed by atoms with Crippen LogP contribution in [0.5, 0.6) is 0 Å². The predicted octanol–water partition coefficient (Wildman–Crippen LogP) is 3.49. The van der Waals surface area contributed by atoms with Gasteiger partial charge in [-0.3, -0.25) is 0 Å². The largest absolute Gasteiger partial charge is 0.479 e. The van der Waals surface area contributed by atoms with Crippen molar-refractivity contribution in [3.8, 4) is 0 Å². The number of benzene rings is 2. The van der Waals surface area contributed by atoms with E-state index in [1.807, 2.05) is 30.3 Å². The lowest BCUT2D eigenvalue weighted by Gasteiger charge is -2.22. The van der Waals surface area contributed by atoms with E-state index in [9.17, 15) is 14.7 Å². The fourth-order valence-electron chi connectivity index (χ4n) is 2.10. The first kappa shape index (κ1) is 15.8. The van der Waals surface area contributed by atoms with Crippen LogP contribution >= 0.6 is 0 Å². The number of nitrogens with one attached hydrogen (secondary N) is 1. The van der Waals surface area contributed by atoms with Gasteiger partial charge in [0.1, 0.15) is 5.60 Å². The number of hydrogen-bond acceptors (Lipinski definition) is 3. The van der Waals surface area contributed by atoms with Crippen LogP contribution in [0.15, 0.2) is 42.5 Å². The number of alkyl carbamates (subject to hydrolysis) is 1. The lowest BCUT2D eigenvalue weighted by atomic mass is 10.0. The SMILES string of the molecule is CC(C)(C)OC(=O)NC(C(=O)O)c1ccc2ccccc2c1. The molecule has 2 rings (SSSR count). The molecule has 5 heteroatoms. The molecule has 1 amide bonds. The average Bonchev–Trinajstić information content (AvgIpc) is 2.42. The summed E-state index contributed by atoms with van der Waals surface area (Å²) in [5, 5.41) is 13.7. The highest BCUT2D eigenvalue weighted by Gasteiger charge is 2.25. The fourth-order valence-corrected chi connectivity index (χ4v) is 2.10. The normalized spacial score (nSPS) is 12.7. The number of amides is 1. The maximum absolute atomic E-state index is 11.8. The third kappa shape index (κ3) is 3.97. The van der Waals surface area contributed by atoms with Gasteiger partial charge in [-0.15, -0.1) is 0 Å². The van der Waals surface area contributed by atoms with Crippen LogP contribution < -0.4 is 5.32 Å². The Kier molecular flexibility index (Phi) is 4.35. The minimum absolute atomic E-state index is 0.497. The highest BCUT2D eigenvalue weighted by molar-refractivity contribution is 5.86. The molecule has 0 aromatic heterocycles. The summed E-state index contributed by atoms with van der Waals surface area (Å²) in [7, 11) is 0. The highest BCUT2D eigenvalue weighted by atomic mass is 16.6. The molecule has 0 aliphatic rings. The van der Waals surface area contributed by atoms with E-state index in [4.69, 9.17) is 4.74 Å². The number of carbonyl (C=O) groups excluding carboxylic acids is 1. The molecule has 0 heterocycles. The third-order valence-corrected chi connectivity index (χ3v) is 3.01. The molecular formula is C17H19NO4. The second-order valence-electron chi connectivity index (χ2n) is 6.02. The number of hydrogen-bond donors (Lipinski definition) is 2. The molecule has 2 N–H and O–H groups in total. The van der Waals surface area contributed by atoms with Gasteiger partial charge in [-0.1, -0.05) is 36.4 Å². The molecule has 0 aliphatic carbocycles. The molecule has 0 aliphatic heterocycles. The Balaban J connectivity index is 2.26. The van der Waals surface area contributed by atoms with Crippen molar-refractivity contribution in [3.63, 3.8) is 0 Å². The van der Waals surface area contributed by atoms with E-state index in [0.717, 1.165) is 10.8 Å². The second kappa shape index (κ2) is 6.05. The minimum atomic E-state index is -1.15. The van der Waals surface area contributed by atoms with Crippen LogP contribution in [0.25, 0.3) is 10.8 Å². The lowest BCUT2D eigenvalue weighted by molar-refractivity contribution is -0.139. The number of aliphatic carboxylic acids is 1. The first-order valence-corrected chi connectivity index (χ1v) is 6.97. The van der Waals surface area contributed by atoms with Crippen molar-refractivity contribution in [2.75, 3.05) is 0 Å². The Morgan fingerprint density at radius 2 is 1.73 bits per heavy atom. The van der Waals surface area contributed by atoms with Crippen molar-refractivity contribution < 1.29 is 19.4 Å². The second-order valence-corrected chi connectivity index (χ2v) is 6.02. The van der Waals surface area contributed by atoms with E-state index in [0.29, 0.717) is 5.56 Å². The van der Waals surface area contributed by atoms with Gasteiger partial charge in [-0.2, -0.15) is 0 Å². The number of carbonyl (C=O) groups is 2. The molecule has 2 aromatic rings. The van der Waals surface area contributed by atoms with Crippen LogP contribution in [0.3, 0.4) is 0 Å². The van der Waals surface area contributed by atoms with Crippen molar-refractivity contribution in [3.05, 3.63) is 48.0 Å². The number of fused-ring (bicyclic) bond motifs is 1. The summed E-state index contributed by atoms with van der Waals surface area (Å²) in [6.07, 6.45) is -0.756. The van der Waals surface area contributed by atoms with Gasteiger partial charge in [0, 0.05) is 0 Å². The quantitative estimate of drug-likeness (QED) is 0.910. The van der Waals surface area contributed by atoms with Gasteiger partial charge < -0.3 is 15.2 Å². The van der Waals surface area contributed by atoms with Crippen molar-refractivity contribution in [2.24, 2.45) is 0 Å². The number of carboxylic acids is 1. The molecule has 1 unspecified atom stereocenters. The zero-order chi connectivity index (χ0) is 16.3. The van der Waals surface area contributed by atoms with Crippen LogP contribution in [0.2, 0.25) is 0 Å². The molecule has 0 saturated carbocycles. The van der Waals surface area contributed by atoms with Crippen LogP contribution in [0.4, 0.5) is 4.79 Å². The maximum Gasteiger partial charge on any atom is 0.408 e. The van der Waals surface area contributed by atoms with Gasteiger partial charge in [-0.25, -0.2) is 9.59 Å². The number of rotatable bonds is 3. The van der Waals surface area contributed by atoms with E-state index in [2.05, 4.69) is 5.32 Å². The van der Waals surface area contributed by atoms with E-state index in [1.165, 1.54) is 0 Å². The predicted molar refractivity (Wildman–Crippen MR) is 83.7 cm³/mol. The molecule has 2 aromatic carbocycles. The zero-order valence-electron chi connectivity index (χ0n) is 12.8. The Morgan fingerprint density at radius 1 is 1.09 bits per heavy atom. The standard InChI is InChI=1S/C17H19NO4/c1-17(2,3)22-16(21)18-14(15(19)20)13-9-8-11-6-4-5-7-12(11)10-13/h4-10,14H,1-3H3,(H,18,21)(H,19,20). The molecule has 5 nitrogen and oxygen atoms in total. The van der Waals surface area contributed by atoms with Gasteiger partial charge in [0.15, 0.2) is 6.04 Å².